The lowest BCUT2D eigenvalue weighted by Crippen LogP contribution is -2.31. The first-order valence-corrected chi connectivity index (χ1v) is 9.80. The van der Waals surface area contributed by atoms with Crippen molar-refractivity contribution >= 4 is 27.2 Å². The number of hydrogen-bond acceptors (Lipinski definition) is 8. The van der Waals surface area contributed by atoms with Crippen LogP contribution in [0, 0.1) is 0 Å². The quantitative estimate of drug-likeness (QED) is 0.174. The summed E-state index contributed by atoms with van der Waals surface area (Å²) in [5, 5.41) is 0. The Kier molecular flexibility index (Phi) is 11.9. The van der Waals surface area contributed by atoms with E-state index in [-0.39, 0.29) is 22.9 Å². The summed E-state index contributed by atoms with van der Waals surface area (Å²) in [4.78, 5) is 34.9. The molecule has 0 saturated heterocycles. The van der Waals surface area contributed by atoms with Gasteiger partial charge in [0.2, 0.25) is 0 Å². The van der Waals surface area contributed by atoms with E-state index in [9.17, 15) is 14.4 Å². The minimum atomic E-state index is -2.06. The lowest BCUT2D eigenvalue weighted by Gasteiger charge is -2.14. The molecule has 0 spiro atoms. The lowest BCUT2D eigenvalue weighted by molar-refractivity contribution is -0.138. The molecule has 0 atom stereocenters. The highest BCUT2D eigenvalue weighted by atomic mass is 28.3. The standard InChI is InChI=1S/C17H26O8Si/c1-7-24-26(25-8-2)11-23-17(20)14(6)10-22-16(19)13(5)9-21-15(18)12(3)4/h9-10,26H,3,7-8,11H2,1-2,4-6H3. The second-order valence-electron chi connectivity index (χ2n) is 5.13. The second kappa shape index (κ2) is 13.0. The van der Waals surface area contributed by atoms with Crippen molar-refractivity contribution in [3.63, 3.8) is 0 Å². The zero-order valence-electron chi connectivity index (χ0n) is 15.8. The van der Waals surface area contributed by atoms with E-state index >= 15 is 0 Å². The Bertz CT molecular complexity index is 573. The van der Waals surface area contributed by atoms with Crippen LogP contribution < -0.4 is 0 Å². The normalized spacial score (nSPS) is 11.9. The first-order chi connectivity index (χ1) is 12.2. The monoisotopic (exact) mass is 386 g/mol. The number of ether oxygens (including phenoxy) is 3. The van der Waals surface area contributed by atoms with Gasteiger partial charge in [-0.15, -0.1) is 0 Å². The maximum absolute atomic E-state index is 11.9. The highest BCUT2D eigenvalue weighted by molar-refractivity contribution is 6.44. The highest BCUT2D eigenvalue weighted by Gasteiger charge is 2.17. The van der Waals surface area contributed by atoms with Crippen LogP contribution in [0.5, 0.6) is 0 Å². The van der Waals surface area contributed by atoms with Crippen molar-refractivity contribution in [3.8, 4) is 0 Å². The van der Waals surface area contributed by atoms with Crippen LogP contribution in [-0.2, 0) is 37.4 Å². The fourth-order valence-corrected chi connectivity index (χ4v) is 2.67. The van der Waals surface area contributed by atoms with Crippen LogP contribution in [0.1, 0.15) is 34.6 Å². The fraction of sp³-hybridized carbons (Fsp3) is 0.471. The zero-order valence-corrected chi connectivity index (χ0v) is 17.0. The molecule has 0 aliphatic heterocycles. The Balaban J connectivity index is 4.54. The molecular weight excluding hydrogens is 360 g/mol. The summed E-state index contributed by atoms with van der Waals surface area (Å²) in [6.07, 6.45) is 1.98. The van der Waals surface area contributed by atoms with Crippen molar-refractivity contribution in [1.29, 1.82) is 0 Å². The molecule has 0 aliphatic rings. The Morgan fingerprint density at radius 3 is 1.77 bits per heavy atom. The zero-order chi connectivity index (χ0) is 20.1. The topological polar surface area (TPSA) is 97.4 Å². The van der Waals surface area contributed by atoms with Crippen molar-refractivity contribution in [2.75, 3.05) is 19.4 Å². The van der Waals surface area contributed by atoms with Crippen LogP contribution in [0.4, 0.5) is 0 Å². The first-order valence-electron chi connectivity index (χ1n) is 8.04. The van der Waals surface area contributed by atoms with Crippen LogP contribution in [-0.4, -0.2) is 46.6 Å². The third kappa shape index (κ3) is 9.92. The largest absolute Gasteiger partial charge is 0.461 e. The summed E-state index contributed by atoms with van der Waals surface area (Å²) >= 11 is 0. The summed E-state index contributed by atoms with van der Waals surface area (Å²) < 4.78 is 25.4. The molecule has 0 aromatic carbocycles. The van der Waals surface area contributed by atoms with Gasteiger partial charge < -0.3 is 23.1 Å². The van der Waals surface area contributed by atoms with Gasteiger partial charge in [0.25, 0.3) is 0 Å². The maximum Gasteiger partial charge on any atom is 0.360 e. The number of carbonyl (C=O) groups is 3. The SMILES string of the molecule is C=C(C)C(=O)OC=C(C)C(=O)OC=C(C)C(=O)OC[SiH](OCC)OCC. The van der Waals surface area contributed by atoms with E-state index < -0.39 is 27.2 Å². The Labute approximate surface area is 155 Å². The summed E-state index contributed by atoms with van der Waals surface area (Å²) in [5.41, 5.74) is 0.324. The second-order valence-corrected chi connectivity index (χ2v) is 6.99. The van der Waals surface area contributed by atoms with Crippen LogP contribution in [0.25, 0.3) is 0 Å². The first kappa shape index (κ1) is 23.8. The third-order valence-electron chi connectivity index (χ3n) is 2.73. The predicted molar refractivity (Wildman–Crippen MR) is 95.9 cm³/mol. The molecule has 0 aromatic heterocycles. The molecule has 0 saturated carbocycles. The molecule has 0 heterocycles. The molecule has 0 amide bonds. The molecule has 0 radical (unpaired) electrons. The van der Waals surface area contributed by atoms with Gasteiger partial charge in [-0.3, -0.25) is 0 Å². The third-order valence-corrected chi connectivity index (χ3v) is 4.58. The van der Waals surface area contributed by atoms with Gasteiger partial charge in [-0.05, 0) is 34.6 Å². The van der Waals surface area contributed by atoms with E-state index in [1.54, 1.807) is 0 Å². The number of hydrogen-bond donors (Lipinski definition) is 0. The molecule has 9 heteroatoms. The van der Waals surface area contributed by atoms with Gasteiger partial charge >= 0.3 is 27.2 Å². The molecular formula is C17H26O8Si. The molecule has 0 fully saturated rings. The summed E-state index contributed by atoms with van der Waals surface area (Å²) in [5.74, 6) is -2.08. The van der Waals surface area contributed by atoms with Crippen LogP contribution in [0.15, 0.2) is 35.8 Å². The van der Waals surface area contributed by atoms with Crippen molar-refractivity contribution in [1.82, 2.24) is 0 Å². The summed E-state index contributed by atoms with van der Waals surface area (Å²) in [7, 11) is -2.06. The van der Waals surface area contributed by atoms with Crippen LogP contribution in [0.3, 0.4) is 0 Å². The molecule has 146 valence electrons. The average molecular weight is 386 g/mol. The molecule has 0 unspecified atom stereocenters. The molecule has 8 nitrogen and oxygen atoms in total. The number of esters is 3. The van der Waals surface area contributed by atoms with E-state index in [0.717, 1.165) is 12.5 Å². The minimum Gasteiger partial charge on any atom is -0.461 e. The highest BCUT2D eigenvalue weighted by Crippen LogP contribution is 2.04. The van der Waals surface area contributed by atoms with Crippen LogP contribution in [0.2, 0.25) is 0 Å². The van der Waals surface area contributed by atoms with E-state index in [1.165, 1.54) is 20.8 Å². The molecule has 0 rings (SSSR count). The van der Waals surface area contributed by atoms with Gasteiger partial charge in [-0.2, -0.15) is 0 Å². The maximum atomic E-state index is 11.9. The minimum absolute atomic E-state index is 0.0391. The van der Waals surface area contributed by atoms with Crippen LogP contribution >= 0.6 is 0 Å². The molecule has 26 heavy (non-hydrogen) atoms. The number of rotatable bonds is 11. The Morgan fingerprint density at radius 2 is 1.31 bits per heavy atom. The van der Waals surface area contributed by atoms with Gasteiger partial charge in [0.05, 0.1) is 11.1 Å². The van der Waals surface area contributed by atoms with E-state index in [1.807, 2.05) is 13.8 Å². The van der Waals surface area contributed by atoms with Gasteiger partial charge in [0.15, 0.2) is 0 Å². The van der Waals surface area contributed by atoms with Crippen molar-refractivity contribution in [2.24, 2.45) is 0 Å². The van der Waals surface area contributed by atoms with E-state index in [2.05, 4.69) is 6.58 Å². The van der Waals surface area contributed by atoms with Crippen molar-refractivity contribution in [2.45, 2.75) is 34.6 Å². The predicted octanol–water partition coefficient (Wildman–Crippen LogP) is 1.83. The molecule has 0 aromatic rings. The van der Waals surface area contributed by atoms with E-state index in [0.29, 0.717) is 13.2 Å². The molecule has 0 bridgehead atoms. The number of carbonyl (C=O) groups excluding carboxylic acids is 3. The smallest absolute Gasteiger partial charge is 0.360 e. The van der Waals surface area contributed by atoms with Gasteiger partial charge in [-0.25, -0.2) is 14.4 Å². The molecule has 0 aliphatic carbocycles. The Hall–Kier alpha value is -2.23. The molecule has 0 N–H and O–H groups in total. The van der Waals surface area contributed by atoms with Gasteiger partial charge in [0.1, 0.15) is 18.8 Å². The summed E-state index contributed by atoms with van der Waals surface area (Å²) in [6, 6.07) is 0. The average Bonchev–Trinajstić information content (AvgIpc) is 2.61. The van der Waals surface area contributed by atoms with E-state index in [4.69, 9.17) is 23.1 Å². The van der Waals surface area contributed by atoms with Gasteiger partial charge in [0, 0.05) is 18.8 Å². The van der Waals surface area contributed by atoms with Crippen molar-refractivity contribution in [3.05, 3.63) is 35.8 Å². The Morgan fingerprint density at radius 1 is 0.846 bits per heavy atom. The summed E-state index contributed by atoms with van der Waals surface area (Å²) in [6.45, 7) is 12.3. The lowest BCUT2D eigenvalue weighted by atomic mass is 10.3. The van der Waals surface area contributed by atoms with Crippen molar-refractivity contribution < 1.29 is 37.4 Å². The van der Waals surface area contributed by atoms with Gasteiger partial charge in [-0.1, -0.05) is 6.58 Å². The fourth-order valence-electron chi connectivity index (χ4n) is 1.35.